The first kappa shape index (κ1) is 9.98. The van der Waals surface area contributed by atoms with Crippen molar-refractivity contribution in [3.05, 3.63) is 31.8 Å². The van der Waals surface area contributed by atoms with Crippen LogP contribution in [-0.4, -0.2) is 9.55 Å². The zero-order valence-corrected chi connectivity index (χ0v) is 7.85. The van der Waals surface area contributed by atoms with Crippen LogP contribution in [0.3, 0.4) is 0 Å². The van der Waals surface area contributed by atoms with Crippen LogP contribution in [0.5, 0.6) is 0 Å². The van der Waals surface area contributed by atoms with Crippen LogP contribution in [-0.2, 0) is 0 Å². The lowest BCUT2D eigenvalue weighted by atomic mass is 10.4. The summed E-state index contributed by atoms with van der Waals surface area (Å²) in [5.74, 6) is -1.13. The number of aromatic nitrogens is 2. The highest BCUT2D eigenvalue weighted by Gasteiger charge is 2.13. The molecule has 0 fully saturated rings. The summed E-state index contributed by atoms with van der Waals surface area (Å²) in [6.07, 6.45) is 0. The molecule has 0 unspecified atom stereocenters. The van der Waals surface area contributed by atoms with Crippen molar-refractivity contribution in [1.29, 1.82) is 0 Å². The molecule has 1 aromatic rings. The molecule has 13 heavy (non-hydrogen) atoms. The number of nitrogens with one attached hydrogen (secondary N) is 1. The van der Waals surface area contributed by atoms with Crippen LogP contribution < -0.4 is 11.2 Å². The van der Waals surface area contributed by atoms with Crippen molar-refractivity contribution >= 4 is 11.6 Å². The van der Waals surface area contributed by atoms with E-state index < -0.39 is 28.3 Å². The molecule has 6 heteroatoms. The summed E-state index contributed by atoms with van der Waals surface area (Å²) in [5, 5.41) is -0.549. The fraction of sp³-hybridized carbons (Fsp3) is 0.429. The number of nitrogens with zero attached hydrogens (tertiary/aromatic N) is 1. The first-order chi connectivity index (χ1) is 5.95. The lowest BCUT2D eigenvalue weighted by Gasteiger charge is -2.07. The fourth-order valence-corrected chi connectivity index (χ4v) is 1.13. The van der Waals surface area contributed by atoms with Crippen LogP contribution in [0.1, 0.15) is 19.9 Å². The lowest BCUT2D eigenvalue weighted by Crippen LogP contribution is -2.38. The molecule has 1 aromatic heterocycles. The van der Waals surface area contributed by atoms with Crippen molar-refractivity contribution in [2.45, 2.75) is 19.9 Å². The van der Waals surface area contributed by atoms with Gasteiger partial charge in [-0.2, -0.15) is 4.39 Å². The molecular formula is C7H8ClFN2O2. The molecule has 0 aromatic carbocycles. The molecule has 0 radical (unpaired) electrons. The summed E-state index contributed by atoms with van der Waals surface area (Å²) in [7, 11) is 0. The summed E-state index contributed by atoms with van der Waals surface area (Å²) in [6.45, 7) is 3.20. The van der Waals surface area contributed by atoms with Crippen molar-refractivity contribution in [1.82, 2.24) is 9.55 Å². The van der Waals surface area contributed by atoms with Gasteiger partial charge in [0.05, 0.1) is 0 Å². The van der Waals surface area contributed by atoms with E-state index in [0.29, 0.717) is 0 Å². The van der Waals surface area contributed by atoms with E-state index in [0.717, 1.165) is 4.57 Å². The van der Waals surface area contributed by atoms with Crippen molar-refractivity contribution in [2.75, 3.05) is 0 Å². The van der Waals surface area contributed by atoms with Gasteiger partial charge in [0.1, 0.15) is 0 Å². The van der Waals surface area contributed by atoms with E-state index in [4.69, 9.17) is 11.6 Å². The van der Waals surface area contributed by atoms with Gasteiger partial charge in [-0.05, 0) is 13.8 Å². The van der Waals surface area contributed by atoms with E-state index in [1.165, 1.54) is 0 Å². The summed E-state index contributed by atoms with van der Waals surface area (Å²) < 4.78 is 13.7. The second-order valence-electron chi connectivity index (χ2n) is 2.83. The lowest BCUT2D eigenvalue weighted by molar-refractivity contribution is 0.497. The van der Waals surface area contributed by atoms with Crippen molar-refractivity contribution < 1.29 is 4.39 Å². The molecule has 0 spiro atoms. The van der Waals surface area contributed by atoms with Crippen molar-refractivity contribution in [3.8, 4) is 0 Å². The number of aromatic amines is 1. The summed E-state index contributed by atoms with van der Waals surface area (Å²) in [5.41, 5.74) is -1.70. The van der Waals surface area contributed by atoms with E-state index in [-0.39, 0.29) is 0 Å². The van der Waals surface area contributed by atoms with Gasteiger partial charge < -0.3 is 0 Å². The first-order valence-electron chi connectivity index (χ1n) is 3.65. The van der Waals surface area contributed by atoms with Gasteiger partial charge in [0, 0.05) is 6.04 Å². The number of H-pyrrole nitrogens is 1. The molecule has 0 amide bonds. The Bertz CT molecular complexity index is 435. The van der Waals surface area contributed by atoms with Gasteiger partial charge in [-0.15, -0.1) is 0 Å². The zero-order chi connectivity index (χ0) is 10.2. The SMILES string of the molecule is CC(C)n1c(=O)[nH]c(Cl)c(F)c1=O. The average molecular weight is 207 g/mol. The Hall–Kier alpha value is -1.10. The summed E-state index contributed by atoms with van der Waals surface area (Å²) in [6, 6.07) is -0.400. The molecular weight excluding hydrogens is 199 g/mol. The minimum absolute atomic E-state index is 0.400. The van der Waals surface area contributed by atoms with Crippen LogP contribution in [0.2, 0.25) is 5.15 Å². The normalized spacial score (nSPS) is 10.8. The minimum Gasteiger partial charge on any atom is -0.295 e. The summed E-state index contributed by atoms with van der Waals surface area (Å²) in [4.78, 5) is 24.3. The third-order valence-corrected chi connectivity index (χ3v) is 1.81. The van der Waals surface area contributed by atoms with E-state index in [1.54, 1.807) is 13.8 Å². The van der Waals surface area contributed by atoms with Crippen molar-refractivity contribution in [2.24, 2.45) is 0 Å². The molecule has 0 aliphatic rings. The molecule has 0 saturated carbocycles. The Morgan fingerprint density at radius 2 is 2.00 bits per heavy atom. The van der Waals surface area contributed by atoms with Gasteiger partial charge in [-0.3, -0.25) is 14.3 Å². The van der Waals surface area contributed by atoms with Gasteiger partial charge in [0.25, 0.3) is 5.56 Å². The highest BCUT2D eigenvalue weighted by atomic mass is 35.5. The second-order valence-corrected chi connectivity index (χ2v) is 3.20. The maximum absolute atomic E-state index is 12.9. The van der Waals surface area contributed by atoms with Crippen LogP contribution in [0.4, 0.5) is 4.39 Å². The first-order valence-corrected chi connectivity index (χ1v) is 4.02. The van der Waals surface area contributed by atoms with Crippen LogP contribution in [0.25, 0.3) is 0 Å². The average Bonchev–Trinajstić information content (AvgIpc) is 1.99. The number of rotatable bonds is 1. The van der Waals surface area contributed by atoms with Gasteiger partial charge >= 0.3 is 5.69 Å². The van der Waals surface area contributed by atoms with E-state index >= 15 is 0 Å². The molecule has 1 rings (SSSR count). The van der Waals surface area contributed by atoms with E-state index in [9.17, 15) is 14.0 Å². The molecule has 0 aliphatic heterocycles. The standard InChI is InChI=1S/C7H8ClFN2O2/c1-3(2)11-6(12)4(9)5(8)10-7(11)13/h3H,1-2H3,(H,10,13). The minimum atomic E-state index is -1.13. The largest absolute Gasteiger partial charge is 0.329 e. The maximum Gasteiger partial charge on any atom is 0.329 e. The predicted molar refractivity (Wildman–Crippen MR) is 46.7 cm³/mol. The van der Waals surface area contributed by atoms with E-state index in [1.807, 2.05) is 4.98 Å². The molecule has 72 valence electrons. The molecule has 0 bridgehead atoms. The molecule has 0 saturated heterocycles. The van der Waals surface area contributed by atoms with Gasteiger partial charge in [0.15, 0.2) is 5.15 Å². The Morgan fingerprint density at radius 3 is 2.46 bits per heavy atom. The number of hydrogen-bond acceptors (Lipinski definition) is 2. The Balaban J connectivity index is 3.64. The number of halogens is 2. The Labute approximate surface area is 78.0 Å². The third kappa shape index (κ3) is 1.65. The van der Waals surface area contributed by atoms with Crippen molar-refractivity contribution in [3.63, 3.8) is 0 Å². The highest BCUT2D eigenvalue weighted by molar-refractivity contribution is 6.29. The zero-order valence-electron chi connectivity index (χ0n) is 7.10. The Kier molecular flexibility index (Phi) is 2.56. The van der Waals surface area contributed by atoms with E-state index in [2.05, 4.69) is 0 Å². The summed E-state index contributed by atoms with van der Waals surface area (Å²) >= 11 is 5.25. The molecule has 1 heterocycles. The molecule has 0 aliphatic carbocycles. The van der Waals surface area contributed by atoms with Gasteiger partial charge in [0.2, 0.25) is 5.82 Å². The topological polar surface area (TPSA) is 54.9 Å². The molecule has 4 nitrogen and oxygen atoms in total. The quantitative estimate of drug-likeness (QED) is 0.695. The van der Waals surface area contributed by atoms with Gasteiger partial charge in [-0.25, -0.2) is 4.79 Å². The highest BCUT2D eigenvalue weighted by Crippen LogP contribution is 2.04. The Morgan fingerprint density at radius 1 is 1.46 bits per heavy atom. The van der Waals surface area contributed by atoms with Crippen LogP contribution >= 0.6 is 11.6 Å². The predicted octanol–water partition coefficient (Wildman–Crippen LogP) is 0.910. The van der Waals surface area contributed by atoms with Gasteiger partial charge in [-0.1, -0.05) is 11.6 Å². The fourth-order valence-electron chi connectivity index (χ4n) is 0.970. The molecule has 1 N–H and O–H groups in total. The number of hydrogen-bond donors (Lipinski definition) is 1. The third-order valence-electron chi connectivity index (χ3n) is 1.55. The van der Waals surface area contributed by atoms with Crippen LogP contribution in [0.15, 0.2) is 9.59 Å². The molecule has 0 atom stereocenters. The monoisotopic (exact) mass is 206 g/mol. The maximum atomic E-state index is 12.9. The van der Waals surface area contributed by atoms with Crippen LogP contribution in [0, 0.1) is 5.82 Å². The second kappa shape index (κ2) is 3.33. The smallest absolute Gasteiger partial charge is 0.295 e.